The third-order valence-corrected chi connectivity index (χ3v) is 6.95. The largest absolute Gasteiger partial charge is 0.496 e. The first kappa shape index (κ1) is 27.2. The molecule has 0 aliphatic carbocycles. The number of hydrogen-bond acceptors (Lipinski definition) is 4. The zero-order valence-electron chi connectivity index (χ0n) is 19.0. The van der Waals surface area contributed by atoms with Gasteiger partial charge in [0.1, 0.15) is 5.75 Å². The molecule has 0 fully saturated rings. The molecule has 2 N–H and O–H groups in total. The number of ether oxygens (including phenoxy) is 1. The lowest BCUT2D eigenvalue weighted by molar-refractivity contribution is 0.408. The van der Waals surface area contributed by atoms with Crippen molar-refractivity contribution in [2.45, 2.75) is 44.8 Å². The molecule has 172 valence electrons. The number of methoxy groups -OCH3 is 1. The summed E-state index contributed by atoms with van der Waals surface area (Å²) < 4.78 is 31.9. The number of benzene rings is 2. The van der Waals surface area contributed by atoms with Gasteiger partial charge >= 0.3 is 0 Å². The van der Waals surface area contributed by atoms with E-state index in [1.807, 2.05) is 51.1 Å². The van der Waals surface area contributed by atoms with Gasteiger partial charge in [-0.2, -0.15) is 4.31 Å². The lowest BCUT2D eigenvalue weighted by Gasteiger charge is -2.21. The minimum absolute atomic E-state index is 0. The van der Waals surface area contributed by atoms with Gasteiger partial charge in [-0.15, -0.1) is 24.0 Å². The number of aliphatic imine (C=N–C) groups is 1. The standard InChI is InChI=1S/C22H32N4O3S.HI/c1-16(2)26(5)30(27,28)20-11-8-18(9-12-20)14-24-22(23-4)25-15-19-10-7-17(3)13-21(19)29-6;/h7-13,16H,14-15H2,1-6H3,(H2,23,24,25);1H. The van der Waals surface area contributed by atoms with Crippen LogP contribution in [-0.2, 0) is 23.1 Å². The van der Waals surface area contributed by atoms with E-state index in [4.69, 9.17) is 4.74 Å². The van der Waals surface area contributed by atoms with Crippen molar-refractivity contribution in [2.24, 2.45) is 4.99 Å². The zero-order chi connectivity index (χ0) is 22.3. The highest BCUT2D eigenvalue weighted by molar-refractivity contribution is 14.0. The van der Waals surface area contributed by atoms with Gasteiger partial charge < -0.3 is 15.4 Å². The molecule has 0 saturated carbocycles. The van der Waals surface area contributed by atoms with Crippen LogP contribution in [0.15, 0.2) is 52.4 Å². The van der Waals surface area contributed by atoms with Crippen LogP contribution in [-0.4, -0.2) is 45.9 Å². The zero-order valence-corrected chi connectivity index (χ0v) is 22.1. The second-order valence-corrected chi connectivity index (χ2v) is 9.35. The molecule has 0 aliphatic heterocycles. The van der Waals surface area contributed by atoms with Gasteiger partial charge in [0.15, 0.2) is 5.96 Å². The van der Waals surface area contributed by atoms with Crippen molar-refractivity contribution in [1.29, 1.82) is 0 Å². The summed E-state index contributed by atoms with van der Waals surface area (Å²) in [6, 6.07) is 12.9. The molecule has 0 aromatic heterocycles. The summed E-state index contributed by atoms with van der Waals surface area (Å²) in [6.07, 6.45) is 0. The Morgan fingerprint density at radius 1 is 1.10 bits per heavy atom. The smallest absolute Gasteiger partial charge is 0.243 e. The second kappa shape index (κ2) is 12.3. The molecule has 0 heterocycles. The number of nitrogens with zero attached hydrogens (tertiary/aromatic N) is 2. The number of rotatable bonds is 8. The predicted molar refractivity (Wildman–Crippen MR) is 137 cm³/mol. The summed E-state index contributed by atoms with van der Waals surface area (Å²) in [5, 5.41) is 6.51. The van der Waals surface area contributed by atoms with Gasteiger partial charge in [0.05, 0.1) is 12.0 Å². The average molecular weight is 561 g/mol. The van der Waals surface area contributed by atoms with E-state index in [2.05, 4.69) is 15.6 Å². The highest BCUT2D eigenvalue weighted by Gasteiger charge is 2.22. The SMILES string of the molecule is CN=C(NCc1ccc(S(=O)(=O)N(C)C(C)C)cc1)NCc1ccc(C)cc1OC.I. The maximum atomic E-state index is 12.6. The van der Waals surface area contributed by atoms with Gasteiger partial charge in [-0.25, -0.2) is 8.42 Å². The minimum Gasteiger partial charge on any atom is -0.496 e. The molecule has 2 rings (SSSR count). The van der Waals surface area contributed by atoms with Crippen LogP contribution in [0.5, 0.6) is 5.75 Å². The Morgan fingerprint density at radius 2 is 1.71 bits per heavy atom. The van der Waals surface area contributed by atoms with Crippen LogP contribution < -0.4 is 15.4 Å². The van der Waals surface area contributed by atoms with Gasteiger partial charge in [-0.1, -0.05) is 24.3 Å². The van der Waals surface area contributed by atoms with Crippen molar-refractivity contribution in [1.82, 2.24) is 14.9 Å². The summed E-state index contributed by atoms with van der Waals surface area (Å²) in [6.45, 7) is 6.81. The van der Waals surface area contributed by atoms with Crippen LogP contribution in [0.3, 0.4) is 0 Å². The fourth-order valence-corrected chi connectivity index (χ4v) is 4.17. The van der Waals surface area contributed by atoms with Crippen molar-refractivity contribution in [3.8, 4) is 5.75 Å². The molecule has 0 bridgehead atoms. The van der Waals surface area contributed by atoms with Crippen molar-refractivity contribution >= 4 is 40.0 Å². The normalized spacial score (nSPS) is 11.9. The molecule has 0 aliphatic rings. The Kier molecular flexibility index (Phi) is 10.7. The Labute approximate surface area is 203 Å². The van der Waals surface area contributed by atoms with Gasteiger partial charge in [-0.05, 0) is 50.1 Å². The first-order valence-electron chi connectivity index (χ1n) is 9.84. The van der Waals surface area contributed by atoms with E-state index in [1.54, 1.807) is 33.3 Å². The van der Waals surface area contributed by atoms with Gasteiger partial charge in [0.2, 0.25) is 10.0 Å². The second-order valence-electron chi connectivity index (χ2n) is 7.35. The fourth-order valence-electron chi connectivity index (χ4n) is 2.81. The molecule has 31 heavy (non-hydrogen) atoms. The van der Waals surface area contributed by atoms with Crippen molar-refractivity contribution in [3.05, 3.63) is 59.2 Å². The molecular weight excluding hydrogens is 527 g/mol. The summed E-state index contributed by atoms with van der Waals surface area (Å²) in [4.78, 5) is 4.53. The summed E-state index contributed by atoms with van der Waals surface area (Å²) >= 11 is 0. The maximum absolute atomic E-state index is 12.6. The molecule has 0 saturated heterocycles. The van der Waals surface area contributed by atoms with Crippen molar-refractivity contribution in [2.75, 3.05) is 21.2 Å². The van der Waals surface area contributed by atoms with Crippen molar-refractivity contribution in [3.63, 3.8) is 0 Å². The maximum Gasteiger partial charge on any atom is 0.243 e. The van der Waals surface area contributed by atoms with Crippen molar-refractivity contribution < 1.29 is 13.2 Å². The van der Waals surface area contributed by atoms with Gasteiger partial charge in [0.25, 0.3) is 0 Å². The van der Waals surface area contributed by atoms with Crippen LogP contribution >= 0.6 is 24.0 Å². The Hall–Kier alpha value is -1.85. The lowest BCUT2D eigenvalue weighted by Crippen LogP contribution is -2.36. The topological polar surface area (TPSA) is 83.0 Å². The molecule has 0 atom stereocenters. The van der Waals surface area contributed by atoms with Crippen LogP contribution in [0, 0.1) is 6.92 Å². The monoisotopic (exact) mass is 560 g/mol. The van der Waals surface area contributed by atoms with E-state index in [1.165, 1.54) is 4.31 Å². The molecule has 0 radical (unpaired) electrons. The molecule has 2 aromatic carbocycles. The Morgan fingerprint density at radius 3 is 2.26 bits per heavy atom. The number of halogens is 1. The molecule has 2 aromatic rings. The van der Waals surface area contributed by atoms with Crippen LogP contribution in [0.2, 0.25) is 0 Å². The molecule has 9 heteroatoms. The number of hydrogen-bond donors (Lipinski definition) is 2. The van der Waals surface area contributed by atoms with Gasteiger partial charge in [-0.3, -0.25) is 4.99 Å². The number of guanidine groups is 1. The molecule has 0 spiro atoms. The first-order valence-corrected chi connectivity index (χ1v) is 11.3. The van der Waals surface area contributed by atoms with E-state index in [9.17, 15) is 8.42 Å². The molecular formula is C22H33IN4O3S. The molecule has 0 amide bonds. The highest BCUT2D eigenvalue weighted by atomic mass is 127. The fraction of sp³-hybridized carbons (Fsp3) is 0.409. The van der Waals surface area contributed by atoms with E-state index < -0.39 is 10.0 Å². The summed E-state index contributed by atoms with van der Waals surface area (Å²) in [5.41, 5.74) is 3.13. The Balaban J connectivity index is 0.00000480. The van der Waals surface area contributed by atoms with Crippen LogP contribution in [0.4, 0.5) is 0 Å². The predicted octanol–water partition coefficient (Wildman–Crippen LogP) is 3.52. The van der Waals surface area contributed by atoms with E-state index in [-0.39, 0.29) is 34.9 Å². The number of nitrogens with one attached hydrogen (secondary N) is 2. The van der Waals surface area contributed by atoms with E-state index >= 15 is 0 Å². The molecule has 0 unspecified atom stereocenters. The van der Waals surface area contributed by atoms with Gasteiger partial charge in [0, 0.05) is 38.8 Å². The van der Waals surface area contributed by atoms with Crippen LogP contribution in [0.25, 0.3) is 0 Å². The van der Waals surface area contributed by atoms with E-state index in [0.29, 0.717) is 19.0 Å². The summed E-state index contributed by atoms with van der Waals surface area (Å²) in [5.74, 6) is 1.48. The van der Waals surface area contributed by atoms with Crippen LogP contribution in [0.1, 0.15) is 30.5 Å². The quantitative estimate of drug-likeness (QED) is 0.294. The molecule has 7 nitrogen and oxygen atoms in total. The number of aryl methyl sites for hydroxylation is 1. The first-order chi connectivity index (χ1) is 14.2. The number of sulfonamides is 1. The van der Waals surface area contributed by atoms with E-state index in [0.717, 1.165) is 22.4 Å². The highest BCUT2D eigenvalue weighted by Crippen LogP contribution is 2.20. The lowest BCUT2D eigenvalue weighted by atomic mass is 10.1. The third-order valence-electron chi connectivity index (χ3n) is 4.90. The summed E-state index contributed by atoms with van der Waals surface area (Å²) in [7, 11) is 1.48. The minimum atomic E-state index is -3.47. The average Bonchev–Trinajstić information content (AvgIpc) is 2.74. The Bertz CT molecular complexity index is 977. The third kappa shape index (κ3) is 7.36.